The Balaban J connectivity index is 1.78. The summed E-state index contributed by atoms with van der Waals surface area (Å²) in [6.45, 7) is 2.93. The van der Waals surface area contributed by atoms with E-state index in [4.69, 9.17) is 13.9 Å². The summed E-state index contributed by atoms with van der Waals surface area (Å²) in [5, 5.41) is 2.75. The number of hydrogen-bond donors (Lipinski definition) is 1. The first-order valence-electron chi connectivity index (χ1n) is 5.98. The Bertz CT molecular complexity index is 618. The van der Waals surface area contributed by atoms with Gasteiger partial charge in [0.2, 0.25) is 0 Å². The van der Waals surface area contributed by atoms with Gasteiger partial charge in [-0.15, -0.1) is 0 Å². The summed E-state index contributed by atoms with van der Waals surface area (Å²) >= 11 is 0. The molecule has 0 saturated carbocycles. The average Bonchev–Trinajstić information content (AvgIpc) is 2.85. The van der Waals surface area contributed by atoms with Gasteiger partial charge in [-0.1, -0.05) is 0 Å². The zero-order chi connectivity index (χ0) is 13.2. The van der Waals surface area contributed by atoms with Gasteiger partial charge in [0.25, 0.3) is 5.91 Å². The molecule has 5 heteroatoms. The number of furan rings is 1. The Labute approximate surface area is 110 Å². The van der Waals surface area contributed by atoms with Crippen LogP contribution in [0.3, 0.4) is 0 Å². The number of fused-ring (bicyclic) bond motifs is 1. The number of rotatable bonds is 2. The van der Waals surface area contributed by atoms with Gasteiger partial charge in [0.1, 0.15) is 13.2 Å². The van der Waals surface area contributed by atoms with E-state index in [-0.39, 0.29) is 11.7 Å². The first kappa shape index (κ1) is 11.6. The molecule has 1 aliphatic rings. The Kier molecular flexibility index (Phi) is 2.87. The second-order valence-electron chi connectivity index (χ2n) is 4.30. The number of amides is 1. The van der Waals surface area contributed by atoms with Crippen LogP contribution in [0.25, 0.3) is 0 Å². The van der Waals surface area contributed by atoms with E-state index in [1.165, 1.54) is 0 Å². The largest absolute Gasteiger partial charge is 0.486 e. The molecule has 98 valence electrons. The van der Waals surface area contributed by atoms with Crippen LogP contribution in [0.1, 0.15) is 16.1 Å². The van der Waals surface area contributed by atoms with Crippen LogP contribution in [-0.2, 0) is 0 Å². The Hall–Kier alpha value is -2.43. The lowest BCUT2D eigenvalue weighted by molar-refractivity contribution is 0.0996. The molecular formula is C14H13NO4. The van der Waals surface area contributed by atoms with E-state index in [0.29, 0.717) is 30.4 Å². The molecule has 3 rings (SSSR count). The Morgan fingerprint density at radius 3 is 2.68 bits per heavy atom. The van der Waals surface area contributed by atoms with E-state index in [1.807, 2.05) is 6.92 Å². The number of carbonyl (C=O) groups is 1. The molecule has 1 amide bonds. The molecule has 0 bridgehead atoms. The molecule has 0 fully saturated rings. The average molecular weight is 259 g/mol. The maximum atomic E-state index is 11.9. The topological polar surface area (TPSA) is 60.7 Å². The molecule has 0 unspecified atom stereocenters. The molecule has 0 aliphatic carbocycles. The van der Waals surface area contributed by atoms with Crippen LogP contribution >= 0.6 is 0 Å². The third-order valence-corrected chi connectivity index (χ3v) is 2.75. The predicted molar refractivity (Wildman–Crippen MR) is 68.8 cm³/mol. The minimum atomic E-state index is -0.287. The molecular weight excluding hydrogens is 246 g/mol. The minimum Gasteiger partial charge on any atom is -0.486 e. The first-order valence-corrected chi connectivity index (χ1v) is 5.98. The maximum absolute atomic E-state index is 11.9. The number of ether oxygens (including phenoxy) is 2. The fourth-order valence-electron chi connectivity index (χ4n) is 1.86. The molecule has 0 atom stereocenters. The Morgan fingerprint density at radius 1 is 1.16 bits per heavy atom. The van der Waals surface area contributed by atoms with Crippen molar-refractivity contribution < 1.29 is 18.7 Å². The van der Waals surface area contributed by atoms with Crippen molar-refractivity contribution in [1.29, 1.82) is 0 Å². The van der Waals surface area contributed by atoms with E-state index in [1.54, 1.807) is 30.5 Å². The summed E-state index contributed by atoms with van der Waals surface area (Å²) in [5.74, 6) is 1.33. The summed E-state index contributed by atoms with van der Waals surface area (Å²) in [6.07, 6.45) is 1.54. The van der Waals surface area contributed by atoms with E-state index in [0.717, 1.165) is 5.56 Å². The zero-order valence-electron chi connectivity index (χ0n) is 10.4. The highest BCUT2D eigenvalue weighted by atomic mass is 16.6. The van der Waals surface area contributed by atoms with Crippen LogP contribution in [0.15, 0.2) is 34.9 Å². The van der Waals surface area contributed by atoms with Crippen LogP contribution in [0.5, 0.6) is 11.5 Å². The molecule has 0 spiro atoms. The third-order valence-electron chi connectivity index (χ3n) is 2.75. The highest BCUT2D eigenvalue weighted by Crippen LogP contribution is 2.32. The number of anilines is 1. The van der Waals surface area contributed by atoms with Crippen LogP contribution < -0.4 is 14.8 Å². The number of hydrogen-bond acceptors (Lipinski definition) is 4. The Morgan fingerprint density at radius 2 is 1.95 bits per heavy atom. The maximum Gasteiger partial charge on any atom is 0.291 e. The molecule has 1 aliphatic heterocycles. The lowest BCUT2D eigenvalue weighted by Crippen LogP contribution is -2.16. The van der Waals surface area contributed by atoms with Crippen molar-refractivity contribution in [1.82, 2.24) is 0 Å². The van der Waals surface area contributed by atoms with E-state index in [9.17, 15) is 4.79 Å². The molecule has 1 N–H and O–H groups in total. The second kappa shape index (κ2) is 4.68. The molecule has 19 heavy (non-hydrogen) atoms. The second-order valence-corrected chi connectivity index (χ2v) is 4.30. The summed E-state index contributed by atoms with van der Waals surface area (Å²) in [7, 11) is 0. The van der Waals surface area contributed by atoms with Crippen LogP contribution in [-0.4, -0.2) is 19.1 Å². The van der Waals surface area contributed by atoms with Crippen LogP contribution in [0.2, 0.25) is 0 Å². The smallest absolute Gasteiger partial charge is 0.291 e. The fraction of sp³-hybridized carbons (Fsp3) is 0.214. The molecule has 5 nitrogen and oxygen atoms in total. The highest BCUT2D eigenvalue weighted by Gasteiger charge is 2.14. The van der Waals surface area contributed by atoms with E-state index in [2.05, 4.69) is 5.32 Å². The zero-order valence-corrected chi connectivity index (χ0v) is 10.4. The van der Waals surface area contributed by atoms with Crippen molar-refractivity contribution in [3.05, 3.63) is 41.9 Å². The number of aryl methyl sites for hydroxylation is 1. The number of nitrogens with one attached hydrogen (secondary N) is 1. The standard InChI is InChI=1S/C14H13NO4/c1-9-6-13(19-8-9)14(16)15-10-2-3-11-12(7-10)18-5-4-17-11/h2-3,6-8H,4-5H2,1H3,(H,15,16). The van der Waals surface area contributed by atoms with Gasteiger partial charge in [-0.3, -0.25) is 4.79 Å². The summed E-state index contributed by atoms with van der Waals surface area (Å²) in [4.78, 5) is 11.9. The monoisotopic (exact) mass is 259 g/mol. The lowest BCUT2D eigenvalue weighted by Gasteiger charge is -2.18. The quantitative estimate of drug-likeness (QED) is 0.900. The molecule has 2 heterocycles. The van der Waals surface area contributed by atoms with Crippen molar-refractivity contribution in [2.45, 2.75) is 6.92 Å². The normalized spacial score (nSPS) is 13.1. The van der Waals surface area contributed by atoms with E-state index >= 15 is 0 Å². The molecule has 1 aromatic heterocycles. The summed E-state index contributed by atoms with van der Waals surface area (Å²) < 4.78 is 16.0. The van der Waals surface area contributed by atoms with Crippen molar-refractivity contribution >= 4 is 11.6 Å². The molecule has 0 radical (unpaired) electrons. The van der Waals surface area contributed by atoms with Crippen molar-refractivity contribution in [2.75, 3.05) is 18.5 Å². The first-order chi connectivity index (χ1) is 9.22. The van der Waals surface area contributed by atoms with E-state index < -0.39 is 0 Å². The van der Waals surface area contributed by atoms with Gasteiger partial charge in [0.15, 0.2) is 17.3 Å². The van der Waals surface area contributed by atoms with Gasteiger partial charge in [-0.2, -0.15) is 0 Å². The predicted octanol–water partition coefficient (Wildman–Crippen LogP) is 2.61. The minimum absolute atomic E-state index is 0.285. The van der Waals surface area contributed by atoms with Crippen LogP contribution in [0.4, 0.5) is 5.69 Å². The molecule has 2 aromatic rings. The van der Waals surface area contributed by atoms with Crippen LogP contribution in [0, 0.1) is 6.92 Å². The SMILES string of the molecule is Cc1coc(C(=O)Nc2ccc3c(c2)OCCO3)c1. The van der Waals surface area contributed by atoms with Gasteiger partial charge >= 0.3 is 0 Å². The van der Waals surface area contributed by atoms with Gasteiger partial charge in [0, 0.05) is 11.8 Å². The lowest BCUT2D eigenvalue weighted by atomic mass is 10.2. The van der Waals surface area contributed by atoms with Gasteiger partial charge in [-0.05, 0) is 30.7 Å². The van der Waals surface area contributed by atoms with Crippen molar-refractivity contribution in [2.24, 2.45) is 0 Å². The third kappa shape index (κ3) is 2.40. The molecule has 0 saturated heterocycles. The van der Waals surface area contributed by atoms with Gasteiger partial charge < -0.3 is 19.2 Å². The molecule has 1 aromatic carbocycles. The van der Waals surface area contributed by atoms with Gasteiger partial charge in [0.05, 0.1) is 6.26 Å². The fourth-order valence-corrected chi connectivity index (χ4v) is 1.86. The number of benzene rings is 1. The summed E-state index contributed by atoms with van der Waals surface area (Å²) in [6, 6.07) is 6.97. The van der Waals surface area contributed by atoms with Crippen molar-refractivity contribution in [3.63, 3.8) is 0 Å². The van der Waals surface area contributed by atoms with Crippen molar-refractivity contribution in [3.8, 4) is 11.5 Å². The highest BCUT2D eigenvalue weighted by molar-refractivity contribution is 6.02. The summed E-state index contributed by atoms with van der Waals surface area (Å²) in [5.41, 5.74) is 1.55. The van der Waals surface area contributed by atoms with Gasteiger partial charge in [-0.25, -0.2) is 0 Å². The number of carbonyl (C=O) groups excluding carboxylic acids is 1.